The van der Waals surface area contributed by atoms with Gasteiger partial charge in [-0.05, 0) is 35.4 Å². The van der Waals surface area contributed by atoms with E-state index in [-0.39, 0.29) is 6.54 Å². The fourth-order valence-corrected chi connectivity index (χ4v) is 1.36. The lowest BCUT2D eigenvalue weighted by atomic mass is 10.2. The number of benzene rings is 1. The Kier molecular flexibility index (Phi) is 6.28. The quantitative estimate of drug-likeness (QED) is 0.190. The van der Waals surface area contributed by atoms with Crippen LogP contribution in [0.4, 0.5) is 0 Å². The molecule has 0 amide bonds. The molecule has 18 heavy (non-hydrogen) atoms. The Morgan fingerprint density at radius 3 is 2.94 bits per heavy atom. The van der Waals surface area contributed by atoms with Crippen LogP contribution in [0.5, 0.6) is 11.5 Å². The van der Waals surface area contributed by atoms with Gasteiger partial charge in [0, 0.05) is 4.91 Å². The number of hydrogen-bond acceptors (Lipinski definition) is 5. The first kappa shape index (κ1) is 14.0. The Hall–Kier alpha value is -2.07. The SMILES string of the molecule is COc1cc(CN=C=S)ccc1OCCN=[N+]=[N-]. The zero-order chi connectivity index (χ0) is 13.2. The molecule has 0 aliphatic heterocycles. The van der Waals surface area contributed by atoms with Crippen LogP contribution in [0.2, 0.25) is 0 Å². The fourth-order valence-electron chi connectivity index (χ4n) is 1.29. The highest BCUT2D eigenvalue weighted by Gasteiger charge is 2.05. The minimum absolute atomic E-state index is 0.274. The van der Waals surface area contributed by atoms with Crippen molar-refractivity contribution in [1.29, 1.82) is 0 Å². The highest BCUT2D eigenvalue weighted by molar-refractivity contribution is 7.78. The molecule has 0 saturated carbocycles. The van der Waals surface area contributed by atoms with Crippen molar-refractivity contribution in [2.24, 2.45) is 10.1 Å². The molecule has 0 spiro atoms. The molecule has 94 valence electrons. The van der Waals surface area contributed by atoms with Crippen molar-refractivity contribution in [2.45, 2.75) is 6.54 Å². The van der Waals surface area contributed by atoms with E-state index in [1.807, 2.05) is 12.1 Å². The number of hydrogen-bond donors (Lipinski definition) is 0. The molecule has 0 aromatic heterocycles. The number of aliphatic imine (C=N–C) groups is 1. The molecule has 0 aliphatic carbocycles. The molecule has 0 bridgehead atoms. The Bertz CT molecular complexity index is 494. The standard InChI is InChI=1S/C11H12N4O2S/c1-16-11-6-9(7-13-8-18)2-3-10(11)17-5-4-14-15-12/h2-3,6H,4-5,7H2,1H3. The lowest BCUT2D eigenvalue weighted by Crippen LogP contribution is -2.02. The van der Waals surface area contributed by atoms with Gasteiger partial charge in [0.2, 0.25) is 0 Å². The second kappa shape index (κ2) is 8.08. The largest absolute Gasteiger partial charge is 0.493 e. The van der Waals surface area contributed by atoms with Crippen molar-refractivity contribution in [3.8, 4) is 11.5 Å². The molecule has 0 saturated heterocycles. The third-order valence-corrected chi connectivity index (χ3v) is 2.20. The first-order valence-corrected chi connectivity index (χ1v) is 5.57. The third kappa shape index (κ3) is 4.43. The van der Waals surface area contributed by atoms with Gasteiger partial charge in [0.05, 0.1) is 32.0 Å². The van der Waals surface area contributed by atoms with E-state index in [0.717, 1.165) is 5.56 Å². The van der Waals surface area contributed by atoms with E-state index >= 15 is 0 Å². The molecule has 0 fully saturated rings. The molecule has 0 N–H and O–H groups in total. The van der Waals surface area contributed by atoms with E-state index in [4.69, 9.17) is 15.0 Å². The average Bonchev–Trinajstić information content (AvgIpc) is 2.42. The van der Waals surface area contributed by atoms with Crippen LogP contribution in [0.25, 0.3) is 10.4 Å². The van der Waals surface area contributed by atoms with Gasteiger partial charge < -0.3 is 9.47 Å². The number of azide groups is 1. The zero-order valence-corrected chi connectivity index (χ0v) is 10.7. The number of isothiocyanates is 1. The molecule has 0 unspecified atom stereocenters. The van der Waals surface area contributed by atoms with Crippen molar-refractivity contribution in [3.05, 3.63) is 34.2 Å². The maximum Gasteiger partial charge on any atom is 0.161 e. The first-order chi connectivity index (χ1) is 8.81. The number of nitrogens with zero attached hydrogens (tertiary/aromatic N) is 4. The minimum Gasteiger partial charge on any atom is -0.493 e. The van der Waals surface area contributed by atoms with Crippen molar-refractivity contribution in [1.82, 2.24) is 0 Å². The Morgan fingerprint density at radius 1 is 1.44 bits per heavy atom. The normalized spacial score (nSPS) is 8.94. The van der Waals surface area contributed by atoms with Crippen molar-refractivity contribution >= 4 is 17.4 Å². The first-order valence-electron chi connectivity index (χ1n) is 5.16. The van der Waals surface area contributed by atoms with Crippen LogP contribution >= 0.6 is 12.2 Å². The van der Waals surface area contributed by atoms with Gasteiger partial charge in [0.25, 0.3) is 0 Å². The Labute approximate surface area is 110 Å². The summed E-state index contributed by atoms with van der Waals surface area (Å²) in [7, 11) is 1.56. The molecule has 1 aromatic carbocycles. The number of thiocarbonyl (C=S) groups is 1. The highest BCUT2D eigenvalue weighted by atomic mass is 32.1. The summed E-state index contributed by atoms with van der Waals surface area (Å²) in [5.74, 6) is 1.20. The number of ether oxygens (including phenoxy) is 2. The van der Waals surface area contributed by atoms with Crippen molar-refractivity contribution < 1.29 is 9.47 Å². The molecule has 0 aliphatic rings. The fraction of sp³-hybridized carbons (Fsp3) is 0.364. The maximum atomic E-state index is 8.14. The summed E-state index contributed by atoms with van der Waals surface area (Å²) < 4.78 is 10.6. The van der Waals surface area contributed by atoms with Crippen LogP contribution in [-0.2, 0) is 6.54 Å². The Balaban J connectivity index is 2.72. The van der Waals surface area contributed by atoms with Crippen LogP contribution < -0.4 is 9.47 Å². The van der Waals surface area contributed by atoms with Gasteiger partial charge in [-0.1, -0.05) is 11.2 Å². The summed E-state index contributed by atoms with van der Waals surface area (Å²) in [4.78, 5) is 6.49. The molecular formula is C11H12N4O2S. The van der Waals surface area contributed by atoms with Gasteiger partial charge in [-0.25, -0.2) is 4.99 Å². The van der Waals surface area contributed by atoms with Gasteiger partial charge in [0.1, 0.15) is 0 Å². The van der Waals surface area contributed by atoms with Gasteiger partial charge in [-0.15, -0.1) is 0 Å². The summed E-state index contributed by atoms with van der Waals surface area (Å²) in [5.41, 5.74) is 9.09. The van der Waals surface area contributed by atoms with E-state index in [9.17, 15) is 0 Å². The lowest BCUT2D eigenvalue weighted by Gasteiger charge is -2.10. The van der Waals surface area contributed by atoms with Crippen molar-refractivity contribution in [2.75, 3.05) is 20.3 Å². The van der Waals surface area contributed by atoms with Gasteiger partial charge in [-0.2, -0.15) is 0 Å². The molecule has 1 rings (SSSR count). The van der Waals surface area contributed by atoms with Crippen LogP contribution in [0, 0.1) is 0 Å². The van der Waals surface area contributed by atoms with E-state index in [2.05, 4.69) is 32.4 Å². The predicted molar refractivity (Wildman–Crippen MR) is 71.2 cm³/mol. The van der Waals surface area contributed by atoms with Crippen molar-refractivity contribution in [3.63, 3.8) is 0 Å². The molecular weight excluding hydrogens is 252 g/mol. The average molecular weight is 264 g/mol. The van der Waals surface area contributed by atoms with E-state index < -0.39 is 0 Å². The summed E-state index contributed by atoms with van der Waals surface area (Å²) in [6.07, 6.45) is 0. The Morgan fingerprint density at radius 2 is 2.28 bits per heavy atom. The van der Waals surface area contributed by atoms with Crippen LogP contribution in [0.15, 0.2) is 28.3 Å². The molecule has 7 heteroatoms. The predicted octanol–water partition coefficient (Wildman–Crippen LogP) is 2.99. The van der Waals surface area contributed by atoms with E-state index in [0.29, 0.717) is 24.7 Å². The summed E-state index contributed by atoms with van der Waals surface area (Å²) in [6, 6.07) is 5.46. The number of rotatable bonds is 7. The van der Waals surface area contributed by atoms with Gasteiger partial charge in [-0.3, -0.25) is 0 Å². The van der Waals surface area contributed by atoms with Gasteiger partial charge in [0.15, 0.2) is 11.5 Å². The third-order valence-electron chi connectivity index (χ3n) is 2.07. The van der Waals surface area contributed by atoms with Crippen LogP contribution in [0.1, 0.15) is 5.56 Å². The summed E-state index contributed by atoms with van der Waals surface area (Å²) >= 11 is 4.51. The maximum absolute atomic E-state index is 8.14. The van der Waals surface area contributed by atoms with E-state index in [1.54, 1.807) is 13.2 Å². The second-order valence-electron chi connectivity index (χ2n) is 3.20. The summed E-state index contributed by atoms with van der Waals surface area (Å²) in [5, 5.41) is 5.69. The summed E-state index contributed by atoms with van der Waals surface area (Å²) in [6.45, 7) is 1.04. The molecule has 0 atom stereocenters. The smallest absolute Gasteiger partial charge is 0.161 e. The minimum atomic E-state index is 0.274. The topological polar surface area (TPSA) is 79.6 Å². The molecule has 1 aromatic rings. The second-order valence-corrected chi connectivity index (χ2v) is 3.38. The highest BCUT2D eigenvalue weighted by Crippen LogP contribution is 2.28. The van der Waals surface area contributed by atoms with Crippen LogP contribution in [-0.4, -0.2) is 25.4 Å². The number of methoxy groups -OCH3 is 1. The van der Waals surface area contributed by atoms with E-state index in [1.165, 1.54) is 0 Å². The van der Waals surface area contributed by atoms with Crippen LogP contribution in [0.3, 0.4) is 0 Å². The van der Waals surface area contributed by atoms with Gasteiger partial charge >= 0.3 is 0 Å². The zero-order valence-electron chi connectivity index (χ0n) is 9.87. The lowest BCUT2D eigenvalue weighted by molar-refractivity contribution is 0.302. The molecule has 6 nitrogen and oxygen atoms in total. The molecule has 0 heterocycles. The molecule has 0 radical (unpaired) electrons. The monoisotopic (exact) mass is 264 g/mol.